The van der Waals surface area contributed by atoms with Gasteiger partial charge in [-0.25, -0.2) is 0 Å². The Morgan fingerprint density at radius 3 is 2.55 bits per heavy atom. The molecular formula is C8H12N2S. The molecule has 11 heavy (non-hydrogen) atoms. The van der Waals surface area contributed by atoms with Crippen molar-refractivity contribution in [2.45, 2.75) is 11.8 Å². The average Bonchev–Trinajstić information content (AvgIpc) is 2.06. The third kappa shape index (κ3) is 2.93. The molecule has 0 saturated heterocycles. The van der Waals surface area contributed by atoms with Crippen LogP contribution in [0.4, 0.5) is 0 Å². The summed E-state index contributed by atoms with van der Waals surface area (Å²) in [6.07, 6.45) is 0. The zero-order valence-corrected chi connectivity index (χ0v) is 7.34. The Hall–Kier alpha value is -0.510. The Bertz CT molecular complexity index is 201. The van der Waals surface area contributed by atoms with E-state index in [1.165, 1.54) is 4.90 Å². The van der Waals surface area contributed by atoms with Crippen molar-refractivity contribution in [2.24, 2.45) is 5.84 Å². The van der Waals surface area contributed by atoms with E-state index in [2.05, 4.69) is 0 Å². The van der Waals surface area contributed by atoms with E-state index in [-0.39, 0.29) is 0 Å². The van der Waals surface area contributed by atoms with Crippen LogP contribution in [-0.4, -0.2) is 11.0 Å². The number of nitrogens with zero attached hydrogens (tertiary/aromatic N) is 1. The van der Waals surface area contributed by atoms with Gasteiger partial charge < -0.3 is 0 Å². The van der Waals surface area contributed by atoms with Crippen LogP contribution in [0.15, 0.2) is 35.2 Å². The quantitative estimate of drug-likeness (QED) is 0.424. The summed E-state index contributed by atoms with van der Waals surface area (Å²) >= 11 is 1.55. The number of rotatable bonds is 3. The van der Waals surface area contributed by atoms with E-state index in [1.54, 1.807) is 16.4 Å². The summed E-state index contributed by atoms with van der Waals surface area (Å²) in [5.41, 5.74) is 0. The minimum Gasteiger partial charge on any atom is -0.259 e. The van der Waals surface area contributed by atoms with Crippen molar-refractivity contribution in [1.29, 1.82) is 0 Å². The molecule has 60 valence electrons. The molecule has 0 aliphatic heterocycles. The molecule has 3 heteroatoms. The lowest BCUT2D eigenvalue weighted by molar-refractivity contribution is 0.527. The maximum Gasteiger partial charge on any atom is 0.0242 e. The minimum atomic E-state index is 0.847. The zero-order valence-electron chi connectivity index (χ0n) is 6.53. The lowest BCUT2D eigenvalue weighted by atomic mass is 10.4. The van der Waals surface area contributed by atoms with Gasteiger partial charge in [-0.2, -0.15) is 4.41 Å². The van der Waals surface area contributed by atoms with E-state index in [1.807, 2.05) is 37.3 Å². The lowest BCUT2D eigenvalue weighted by Crippen LogP contribution is -2.22. The minimum absolute atomic E-state index is 0.847. The summed E-state index contributed by atoms with van der Waals surface area (Å²) in [6, 6.07) is 10.1. The van der Waals surface area contributed by atoms with E-state index in [0.29, 0.717) is 0 Å². The van der Waals surface area contributed by atoms with Gasteiger partial charge >= 0.3 is 0 Å². The van der Waals surface area contributed by atoms with Gasteiger partial charge in [0, 0.05) is 11.4 Å². The van der Waals surface area contributed by atoms with Crippen LogP contribution in [0.1, 0.15) is 6.92 Å². The molecule has 0 fully saturated rings. The maximum atomic E-state index is 5.60. The van der Waals surface area contributed by atoms with Gasteiger partial charge in [0.2, 0.25) is 0 Å². The van der Waals surface area contributed by atoms with Crippen molar-refractivity contribution in [1.82, 2.24) is 4.41 Å². The van der Waals surface area contributed by atoms with E-state index in [9.17, 15) is 0 Å². The van der Waals surface area contributed by atoms with Gasteiger partial charge in [0.05, 0.1) is 0 Å². The SMILES string of the molecule is CCN(N)Sc1ccccc1. The molecule has 0 heterocycles. The highest BCUT2D eigenvalue weighted by molar-refractivity contribution is 7.97. The highest BCUT2D eigenvalue weighted by Gasteiger charge is 1.96. The summed E-state index contributed by atoms with van der Waals surface area (Å²) in [6.45, 7) is 2.87. The second-order valence-electron chi connectivity index (χ2n) is 2.14. The number of hydrazine groups is 1. The van der Waals surface area contributed by atoms with Gasteiger partial charge in [-0.15, -0.1) is 0 Å². The molecule has 0 unspecified atom stereocenters. The second kappa shape index (κ2) is 4.38. The monoisotopic (exact) mass is 168 g/mol. The molecule has 2 nitrogen and oxygen atoms in total. The molecule has 0 aliphatic carbocycles. The first-order valence-corrected chi connectivity index (χ1v) is 4.35. The molecule has 0 aromatic heterocycles. The van der Waals surface area contributed by atoms with Crippen molar-refractivity contribution in [3.05, 3.63) is 30.3 Å². The molecular weight excluding hydrogens is 156 g/mol. The van der Waals surface area contributed by atoms with Crippen LogP contribution >= 0.6 is 11.9 Å². The smallest absolute Gasteiger partial charge is 0.0242 e. The molecule has 0 aliphatic rings. The molecule has 0 spiro atoms. The fourth-order valence-electron chi connectivity index (χ4n) is 0.681. The molecule has 0 bridgehead atoms. The van der Waals surface area contributed by atoms with Crippen molar-refractivity contribution in [2.75, 3.05) is 6.54 Å². The predicted molar refractivity (Wildman–Crippen MR) is 48.9 cm³/mol. The summed E-state index contributed by atoms with van der Waals surface area (Å²) in [5, 5.41) is 0. The summed E-state index contributed by atoms with van der Waals surface area (Å²) in [7, 11) is 0. The van der Waals surface area contributed by atoms with Crippen molar-refractivity contribution in [3.8, 4) is 0 Å². The Morgan fingerprint density at radius 1 is 1.36 bits per heavy atom. The first kappa shape index (κ1) is 8.59. The van der Waals surface area contributed by atoms with Gasteiger partial charge in [-0.05, 0) is 24.1 Å². The Balaban J connectivity index is 2.51. The maximum absolute atomic E-state index is 5.60. The van der Waals surface area contributed by atoms with Crippen molar-refractivity contribution < 1.29 is 0 Å². The van der Waals surface area contributed by atoms with Gasteiger partial charge in [0.25, 0.3) is 0 Å². The number of nitrogens with two attached hydrogens (primary N) is 1. The summed E-state index contributed by atoms with van der Waals surface area (Å²) < 4.78 is 1.70. The molecule has 1 aromatic rings. The Kier molecular flexibility index (Phi) is 3.42. The lowest BCUT2D eigenvalue weighted by Gasteiger charge is -2.10. The van der Waals surface area contributed by atoms with Crippen molar-refractivity contribution in [3.63, 3.8) is 0 Å². The average molecular weight is 168 g/mol. The highest BCUT2D eigenvalue weighted by Crippen LogP contribution is 2.17. The van der Waals surface area contributed by atoms with E-state index >= 15 is 0 Å². The van der Waals surface area contributed by atoms with Crippen molar-refractivity contribution >= 4 is 11.9 Å². The molecule has 0 atom stereocenters. The molecule has 1 aromatic carbocycles. The van der Waals surface area contributed by atoms with Gasteiger partial charge in [-0.3, -0.25) is 5.84 Å². The normalized spacial score (nSPS) is 10.5. The first-order valence-electron chi connectivity index (χ1n) is 3.58. The van der Waals surface area contributed by atoms with E-state index in [0.717, 1.165) is 6.54 Å². The molecule has 0 saturated carbocycles. The number of benzene rings is 1. The summed E-state index contributed by atoms with van der Waals surface area (Å²) in [4.78, 5) is 1.18. The van der Waals surface area contributed by atoms with Crippen LogP contribution in [0.2, 0.25) is 0 Å². The van der Waals surface area contributed by atoms with Crippen LogP contribution in [-0.2, 0) is 0 Å². The molecule has 0 radical (unpaired) electrons. The fraction of sp³-hybridized carbons (Fsp3) is 0.250. The standard InChI is InChI=1S/C8H12N2S/c1-2-10(9)11-8-6-4-3-5-7-8/h3-7H,2,9H2,1H3. The molecule has 1 rings (SSSR count). The fourth-order valence-corrected chi connectivity index (χ4v) is 1.36. The molecule has 0 amide bonds. The van der Waals surface area contributed by atoms with Crippen LogP contribution in [0, 0.1) is 0 Å². The van der Waals surface area contributed by atoms with Crippen LogP contribution in [0.5, 0.6) is 0 Å². The Morgan fingerprint density at radius 2 is 2.00 bits per heavy atom. The second-order valence-corrected chi connectivity index (χ2v) is 3.26. The van der Waals surface area contributed by atoms with E-state index in [4.69, 9.17) is 5.84 Å². The predicted octanol–water partition coefficient (Wildman–Crippen LogP) is 1.89. The van der Waals surface area contributed by atoms with Crippen LogP contribution in [0.25, 0.3) is 0 Å². The largest absolute Gasteiger partial charge is 0.259 e. The third-order valence-corrected chi connectivity index (χ3v) is 2.25. The third-order valence-electron chi connectivity index (χ3n) is 1.28. The highest BCUT2D eigenvalue weighted by atomic mass is 32.2. The van der Waals surface area contributed by atoms with Gasteiger partial charge in [0.1, 0.15) is 0 Å². The first-order chi connectivity index (χ1) is 5.33. The molecule has 2 N–H and O–H groups in total. The summed E-state index contributed by atoms with van der Waals surface area (Å²) in [5.74, 6) is 5.60. The number of hydrogen-bond acceptors (Lipinski definition) is 3. The number of hydrogen-bond donors (Lipinski definition) is 1. The van der Waals surface area contributed by atoms with Gasteiger partial charge in [0.15, 0.2) is 0 Å². The topological polar surface area (TPSA) is 29.3 Å². The van der Waals surface area contributed by atoms with E-state index < -0.39 is 0 Å². The zero-order chi connectivity index (χ0) is 8.10. The Labute approximate surface area is 71.5 Å². The van der Waals surface area contributed by atoms with Crippen LogP contribution in [0.3, 0.4) is 0 Å². The van der Waals surface area contributed by atoms with Gasteiger partial charge in [-0.1, -0.05) is 25.1 Å². The van der Waals surface area contributed by atoms with Crippen LogP contribution < -0.4 is 5.84 Å².